The number of aromatic nitrogens is 3. The maximum absolute atomic E-state index is 13.4. The number of fused-ring (bicyclic) bond motifs is 1. The number of nitrogens with zero attached hydrogens (tertiary/aromatic N) is 5. The first kappa shape index (κ1) is 39.0. The van der Waals surface area contributed by atoms with Gasteiger partial charge in [-0.3, -0.25) is 19.2 Å². The molecule has 0 spiro atoms. The van der Waals surface area contributed by atoms with Crippen molar-refractivity contribution in [1.82, 2.24) is 24.6 Å². The number of likely N-dealkylation sites (tertiary alicyclic amines) is 2. The van der Waals surface area contributed by atoms with Gasteiger partial charge in [-0.2, -0.15) is 5.10 Å². The number of nitrogens with two attached hydrogens (primary N) is 2. The van der Waals surface area contributed by atoms with E-state index in [2.05, 4.69) is 29.2 Å². The molecule has 54 heavy (non-hydrogen) atoms. The maximum atomic E-state index is 13.4. The number of pyridine rings is 1. The van der Waals surface area contributed by atoms with Gasteiger partial charge >= 0.3 is 23.6 Å². The molecular weight excluding hydrogens is 731 g/mol. The zero-order valence-corrected chi connectivity index (χ0v) is 31.9. The molecule has 5 heterocycles. The van der Waals surface area contributed by atoms with E-state index in [1.807, 2.05) is 36.4 Å². The predicted molar refractivity (Wildman–Crippen MR) is 207 cm³/mol. The van der Waals surface area contributed by atoms with Crippen LogP contribution in [0.2, 0.25) is 10.0 Å². The van der Waals surface area contributed by atoms with Crippen LogP contribution in [0, 0.1) is 11.8 Å². The summed E-state index contributed by atoms with van der Waals surface area (Å²) in [6.45, 7) is 5.84. The number of hydrogen-bond donors (Lipinski definition) is 3. The Morgan fingerprint density at radius 3 is 1.94 bits per heavy atom. The third-order valence-corrected chi connectivity index (χ3v) is 10.8. The molecule has 3 aliphatic heterocycles. The average molecular weight is 778 g/mol. The Hall–Kier alpha value is -4.72. The Morgan fingerprint density at radius 2 is 1.41 bits per heavy atom. The number of benzene rings is 2. The van der Waals surface area contributed by atoms with Gasteiger partial charge in [0.1, 0.15) is 11.3 Å². The lowest BCUT2D eigenvalue weighted by Gasteiger charge is -2.38. The summed E-state index contributed by atoms with van der Waals surface area (Å²) in [7, 11) is 0. The molecule has 286 valence electrons. The molecule has 7 rings (SSSR count). The van der Waals surface area contributed by atoms with Gasteiger partial charge < -0.3 is 31.3 Å². The van der Waals surface area contributed by atoms with Crippen LogP contribution in [0.5, 0.6) is 0 Å². The van der Waals surface area contributed by atoms with Gasteiger partial charge in [0.2, 0.25) is 0 Å². The Morgan fingerprint density at radius 1 is 0.815 bits per heavy atom. The van der Waals surface area contributed by atoms with E-state index < -0.39 is 23.6 Å². The summed E-state index contributed by atoms with van der Waals surface area (Å²) >= 11 is 12.2. The van der Waals surface area contributed by atoms with Crippen molar-refractivity contribution in [2.45, 2.75) is 77.1 Å². The first-order valence-corrected chi connectivity index (χ1v) is 19.1. The number of anilines is 2. The van der Waals surface area contributed by atoms with Gasteiger partial charge in [-0.25, -0.2) is 9.67 Å². The SMILES string of the molecule is C[C@H]1CC[C@H](c2cccc(Cl)c2)N(C(=O)C(=O)Nc2cnc(N)c3cnn(C4CCCCO4)c23)C1.C[C@H]1CC[C@H](c2cccc(Cl)c2)N(C(=O)C(N)=O)C1. The zero-order valence-electron chi connectivity index (χ0n) is 30.4. The first-order valence-electron chi connectivity index (χ1n) is 18.4. The molecule has 2 aromatic heterocycles. The first-order chi connectivity index (χ1) is 25.9. The summed E-state index contributed by atoms with van der Waals surface area (Å²) < 4.78 is 7.62. The standard InChI is InChI=1S/C25H29ClN6O3.C14H17ClN2O2/c1-15-8-9-20(16-5-4-6-17(26)11-16)31(14-15)25(34)24(33)30-19-13-28-23(27)18-12-29-32(22(18)19)21-7-2-3-10-35-21;1-9-5-6-12(10-3-2-4-11(15)7-10)17(8-9)14(19)13(16)18/h4-6,11-13,15,20-21H,2-3,7-10,14H2,1H3,(H2,27,28)(H,30,33);2-4,7,9,12H,5-6,8H2,1H3,(H2,16,18)/t15-,20+,21?;9-,12+/m00/s1. The van der Waals surface area contributed by atoms with Crippen molar-refractivity contribution in [3.63, 3.8) is 0 Å². The van der Waals surface area contributed by atoms with Crippen molar-refractivity contribution in [3.05, 3.63) is 82.1 Å². The average Bonchev–Trinajstić information content (AvgIpc) is 3.62. The number of halogens is 2. The van der Waals surface area contributed by atoms with Crippen molar-refractivity contribution < 1.29 is 23.9 Å². The summed E-state index contributed by atoms with van der Waals surface area (Å²) in [5, 5.41) is 9.08. The molecule has 0 aliphatic carbocycles. The fourth-order valence-electron chi connectivity index (χ4n) is 7.63. The molecule has 5 N–H and O–H groups in total. The van der Waals surface area contributed by atoms with E-state index in [0.717, 1.165) is 56.1 Å². The number of carbonyl (C=O) groups is 4. The van der Waals surface area contributed by atoms with Gasteiger partial charge in [-0.1, -0.05) is 61.3 Å². The van der Waals surface area contributed by atoms with Crippen LogP contribution in [0.15, 0.2) is 60.9 Å². The van der Waals surface area contributed by atoms with Crippen LogP contribution in [0.25, 0.3) is 10.9 Å². The highest BCUT2D eigenvalue weighted by Crippen LogP contribution is 2.37. The van der Waals surface area contributed by atoms with Crippen molar-refractivity contribution >= 4 is 69.2 Å². The number of nitrogens with one attached hydrogen (secondary N) is 1. The van der Waals surface area contributed by atoms with E-state index in [0.29, 0.717) is 58.1 Å². The Balaban J connectivity index is 0.000000221. The van der Waals surface area contributed by atoms with E-state index in [1.54, 1.807) is 32.8 Å². The summed E-state index contributed by atoms with van der Waals surface area (Å²) in [6.07, 6.45) is 9.21. The van der Waals surface area contributed by atoms with Gasteiger partial charge in [0.15, 0.2) is 6.23 Å². The Bertz CT molecular complexity index is 2020. The second kappa shape index (κ2) is 17.2. The number of nitrogen functional groups attached to an aromatic ring is 1. The molecular formula is C39H46Cl2N8O5. The fourth-order valence-corrected chi connectivity index (χ4v) is 8.03. The highest BCUT2D eigenvalue weighted by molar-refractivity contribution is 6.40. The normalized spacial score (nSPS) is 22.9. The molecule has 15 heteroatoms. The number of carbonyl (C=O) groups excluding carboxylic acids is 4. The van der Waals surface area contributed by atoms with Crippen LogP contribution < -0.4 is 16.8 Å². The van der Waals surface area contributed by atoms with E-state index in [9.17, 15) is 19.2 Å². The Labute approximate surface area is 324 Å². The summed E-state index contributed by atoms with van der Waals surface area (Å²) in [6, 6.07) is 14.5. The lowest BCUT2D eigenvalue weighted by molar-refractivity contribution is -0.147. The largest absolute Gasteiger partial charge is 0.383 e. The summed E-state index contributed by atoms with van der Waals surface area (Å²) in [5.41, 5.74) is 14.1. The van der Waals surface area contributed by atoms with E-state index in [-0.39, 0.29) is 24.2 Å². The Kier molecular flexibility index (Phi) is 12.4. The number of piperidine rings is 2. The molecule has 4 aromatic rings. The number of ether oxygens (including phenoxy) is 1. The lowest BCUT2D eigenvalue weighted by Crippen LogP contribution is -2.46. The summed E-state index contributed by atoms with van der Waals surface area (Å²) in [5.74, 6) is -1.87. The van der Waals surface area contributed by atoms with Crippen LogP contribution in [0.1, 0.15) is 88.2 Å². The van der Waals surface area contributed by atoms with E-state index in [1.165, 1.54) is 6.20 Å². The van der Waals surface area contributed by atoms with E-state index in [4.69, 9.17) is 39.4 Å². The predicted octanol–water partition coefficient (Wildman–Crippen LogP) is 6.43. The van der Waals surface area contributed by atoms with E-state index >= 15 is 0 Å². The molecule has 2 aromatic carbocycles. The van der Waals surface area contributed by atoms with Gasteiger partial charge in [0.05, 0.1) is 35.6 Å². The minimum absolute atomic E-state index is 0.116. The van der Waals surface area contributed by atoms with Crippen LogP contribution in [-0.2, 0) is 23.9 Å². The molecule has 1 unspecified atom stereocenters. The number of rotatable bonds is 4. The third kappa shape index (κ3) is 8.80. The van der Waals surface area contributed by atoms with Crippen LogP contribution in [-0.4, -0.2) is 67.9 Å². The molecule has 3 saturated heterocycles. The van der Waals surface area contributed by atoms with Crippen molar-refractivity contribution in [3.8, 4) is 0 Å². The fraction of sp³-hybridized carbons (Fsp3) is 0.436. The molecule has 3 fully saturated rings. The smallest absolute Gasteiger partial charge is 0.314 e. The van der Waals surface area contributed by atoms with Gasteiger partial charge in [-0.05, 0) is 92.2 Å². The minimum atomic E-state index is -0.902. The monoisotopic (exact) mass is 776 g/mol. The van der Waals surface area contributed by atoms with Crippen LogP contribution in [0.3, 0.4) is 0 Å². The van der Waals surface area contributed by atoms with Crippen molar-refractivity contribution in [1.29, 1.82) is 0 Å². The summed E-state index contributed by atoms with van der Waals surface area (Å²) in [4.78, 5) is 57.2. The molecule has 0 bridgehead atoms. The number of amides is 4. The minimum Gasteiger partial charge on any atom is -0.383 e. The van der Waals surface area contributed by atoms with Crippen LogP contribution >= 0.6 is 23.2 Å². The molecule has 0 saturated carbocycles. The molecule has 4 amide bonds. The molecule has 13 nitrogen and oxygen atoms in total. The molecule has 0 radical (unpaired) electrons. The second-order valence-electron chi connectivity index (χ2n) is 14.5. The number of hydrogen-bond acceptors (Lipinski definition) is 8. The molecule has 5 atom stereocenters. The van der Waals surface area contributed by atoms with Crippen molar-refractivity contribution in [2.24, 2.45) is 17.6 Å². The van der Waals surface area contributed by atoms with Gasteiger partial charge in [-0.15, -0.1) is 0 Å². The maximum Gasteiger partial charge on any atom is 0.314 e. The van der Waals surface area contributed by atoms with Crippen molar-refractivity contribution in [2.75, 3.05) is 30.7 Å². The van der Waals surface area contributed by atoms with Crippen LogP contribution in [0.4, 0.5) is 11.5 Å². The second-order valence-corrected chi connectivity index (χ2v) is 15.3. The zero-order chi connectivity index (χ0) is 38.5. The highest BCUT2D eigenvalue weighted by atomic mass is 35.5. The van der Waals surface area contributed by atoms with Gasteiger partial charge in [0.25, 0.3) is 0 Å². The topological polar surface area (TPSA) is 179 Å². The molecule has 3 aliphatic rings. The lowest BCUT2D eigenvalue weighted by atomic mass is 9.90. The van der Waals surface area contributed by atoms with Gasteiger partial charge in [0, 0.05) is 29.7 Å². The quantitative estimate of drug-likeness (QED) is 0.199. The number of primary amides is 1. The highest BCUT2D eigenvalue weighted by Gasteiger charge is 2.36. The third-order valence-electron chi connectivity index (χ3n) is 10.4.